The number of hydrogen-bond donors (Lipinski definition) is 1. The minimum absolute atomic E-state index is 0.125. The fraction of sp³-hybridized carbons (Fsp3) is 0.600. The first kappa shape index (κ1) is 12.8. The Morgan fingerprint density at radius 2 is 2.19 bits per heavy atom. The molecule has 0 bridgehead atoms. The predicted octanol–water partition coefficient (Wildman–Crippen LogP) is 1.62. The summed E-state index contributed by atoms with van der Waals surface area (Å²) >= 11 is 0. The molecule has 1 aromatic heterocycles. The van der Waals surface area contributed by atoms with Gasteiger partial charge in [-0.2, -0.15) is 5.10 Å². The number of nitrogens with one attached hydrogen (secondary N) is 1. The number of aromatic nitrogens is 2. The molecule has 0 saturated carbocycles. The molecule has 0 spiro atoms. The molecular weight excluding hydrogens is 216 g/mol. The van der Waals surface area contributed by atoms with Gasteiger partial charge in [-0.3, -0.25) is 0 Å². The first-order chi connectivity index (χ1) is 7.72. The van der Waals surface area contributed by atoms with Crippen LogP contribution in [0.1, 0.15) is 19.0 Å². The molecule has 1 heterocycles. The van der Waals surface area contributed by atoms with Crippen LogP contribution in [0.3, 0.4) is 0 Å². The van der Waals surface area contributed by atoms with Crippen LogP contribution in [0.15, 0.2) is 12.1 Å². The van der Waals surface area contributed by atoms with Crippen molar-refractivity contribution in [2.24, 2.45) is 0 Å². The Hall–Kier alpha value is -1.30. The fourth-order valence-corrected chi connectivity index (χ4v) is 1.06. The maximum atomic E-state index is 11.8. The summed E-state index contributed by atoms with van der Waals surface area (Å²) in [5.41, 5.74) is 0.762. The van der Waals surface area contributed by atoms with Gasteiger partial charge in [0, 0.05) is 12.6 Å². The number of alkyl halides is 2. The number of rotatable bonds is 7. The molecular formula is C10H15F2N3O. The zero-order chi connectivity index (χ0) is 11.8. The third-order valence-corrected chi connectivity index (χ3v) is 1.79. The standard InChI is InChI=1S/C10H15F2N3O/c1-2-5-13-6-8-3-4-10(15-14-8)16-7-9(11)12/h3-4,9,13H,2,5-7H2,1H3. The molecule has 0 aliphatic heterocycles. The van der Waals surface area contributed by atoms with E-state index in [9.17, 15) is 8.78 Å². The minimum atomic E-state index is -2.49. The van der Waals surface area contributed by atoms with Gasteiger partial charge in [0.1, 0.15) is 0 Å². The topological polar surface area (TPSA) is 47.0 Å². The minimum Gasteiger partial charge on any atom is -0.471 e. The molecule has 1 N–H and O–H groups in total. The Morgan fingerprint density at radius 3 is 2.75 bits per heavy atom. The van der Waals surface area contributed by atoms with Gasteiger partial charge in [-0.15, -0.1) is 5.10 Å². The van der Waals surface area contributed by atoms with E-state index in [1.165, 1.54) is 0 Å². The van der Waals surface area contributed by atoms with Crippen LogP contribution in [0.2, 0.25) is 0 Å². The van der Waals surface area contributed by atoms with Gasteiger partial charge in [-0.25, -0.2) is 8.78 Å². The zero-order valence-electron chi connectivity index (χ0n) is 9.12. The smallest absolute Gasteiger partial charge is 0.272 e. The highest BCUT2D eigenvalue weighted by Crippen LogP contribution is 2.06. The van der Waals surface area contributed by atoms with Gasteiger partial charge in [-0.1, -0.05) is 6.92 Å². The molecule has 16 heavy (non-hydrogen) atoms. The van der Waals surface area contributed by atoms with Crippen LogP contribution in [0, 0.1) is 0 Å². The normalized spacial score (nSPS) is 10.8. The first-order valence-electron chi connectivity index (χ1n) is 5.16. The van der Waals surface area contributed by atoms with E-state index in [-0.39, 0.29) is 5.88 Å². The van der Waals surface area contributed by atoms with Gasteiger partial charge in [0.05, 0.1) is 5.69 Å². The van der Waals surface area contributed by atoms with E-state index in [0.717, 1.165) is 18.7 Å². The molecule has 0 fully saturated rings. The van der Waals surface area contributed by atoms with Crippen LogP contribution in [0.25, 0.3) is 0 Å². The molecule has 0 atom stereocenters. The molecule has 4 nitrogen and oxygen atoms in total. The van der Waals surface area contributed by atoms with Gasteiger partial charge >= 0.3 is 0 Å². The molecule has 0 aromatic carbocycles. The van der Waals surface area contributed by atoms with Crippen molar-refractivity contribution in [2.45, 2.75) is 26.3 Å². The second-order valence-electron chi connectivity index (χ2n) is 3.24. The largest absolute Gasteiger partial charge is 0.471 e. The SMILES string of the molecule is CCCNCc1ccc(OCC(F)F)nn1. The van der Waals surface area contributed by atoms with Gasteiger partial charge < -0.3 is 10.1 Å². The molecule has 1 rings (SSSR count). The van der Waals surface area contributed by atoms with E-state index in [1.807, 2.05) is 0 Å². The molecule has 0 amide bonds. The summed E-state index contributed by atoms with van der Waals surface area (Å²) in [7, 11) is 0. The highest BCUT2D eigenvalue weighted by atomic mass is 19.3. The summed E-state index contributed by atoms with van der Waals surface area (Å²) in [5, 5.41) is 10.7. The van der Waals surface area contributed by atoms with E-state index in [4.69, 9.17) is 4.74 Å². The van der Waals surface area contributed by atoms with Crippen molar-refractivity contribution in [3.8, 4) is 5.88 Å². The Labute approximate surface area is 93.0 Å². The lowest BCUT2D eigenvalue weighted by molar-refractivity contribution is 0.0790. The van der Waals surface area contributed by atoms with Crippen molar-refractivity contribution < 1.29 is 13.5 Å². The Kier molecular flexibility index (Phi) is 5.63. The van der Waals surface area contributed by atoms with Crippen LogP contribution in [-0.4, -0.2) is 29.8 Å². The average Bonchev–Trinajstić information content (AvgIpc) is 2.28. The number of halogens is 2. The van der Waals surface area contributed by atoms with Crippen LogP contribution >= 0.6 is 0 Å². The lowest BCUT2D eigenvalue weighted by Crippen LogP contribution is -2.15. The Bertz CT molecular complexity index is 293. The van der Waals surface area contributed by atoms with Gasteiger partial charge in [0.2, 0.25) is 5.88 Å². The summed E-state index contributed by atoms with van der Waals surface area (Å²) in [6.07, 6.45) is -1.45. The van der Waals surface area contributed by atoms with Crippen molar-refractivity contribution >= 4 is 0 Å². The molecule has 0 saturated heterocycles. The van der Waals surface area contributed by atoms with E-state index >= 15 is 0 Å². The first-order valence-corrected chi connectivity index (χ1v) is 5.16. The molecule has 0 aliphatic rings. The summed E-state index contributed by atoms with van der Waals surface area (Å²) in [5.74, 6) is 0.125. The monoisotopic (exact) mass is 231 g/mol. The maximum Gasteiger partial charge on any atom is 0.272 e. The summed E-state index contributed by atoms with van der Waals surface area (Å²) in [6.45, 7) is 2.95. The molecule has 1 aromatic rings. The maximum absolute atomic E-state index is 11.8. The van der Waals surface area contributed by atoms with E-state index in [0.29, 0.717) is 6.54 Å². The highest BCUT2D eigenvalue weighted by molar-refractivity contribution is 5.11. The molecule has 90 valence electrons. The van der Waals surface area contributed by atoms with Crippen molar-refractivity contribution in [3.05, 3.63) is 17.8 Å². The zero-order valence-corrected chi connectivity index (χ0v) is 9.12. The number of ether oxygens (including phenoxy) is 1. The predicted molar refractivity (Wildman–Crippen MR) is 55.5 cm³/mol. The third-order valence-electron chi connectivity index (χ3n) is 1.79. The third kappa shape index (κ3) is 4.97. The number of nitrogens with zero attached hydrogens (tertiary/aromatic N) is 2. The van der Waals surface area contributed by atoms with Gasteiger partial charge in [0.25, 0.3) is 6.43 Å². The van der Waals surface area contributed by atoms with Crippen molar-refractivity contribution in [1.29, 1.82) is 0 Å². The van der Waals surface area contributed by atoms with Crippen molar-refractivity contribution in [3.63, 3.8) is 0 Å². The van der Waals surface area contributed by atoms with E-state index < -0.39 is 13.0 Å². The lowest BCUT2D eigenvalue weighted by atomic mass is 10.3. The van der Waals surface area contributed by atoms with Crippen molar-refractivity contribution in [2.75, 3.05) is 13.2 Å². The molecule has 0 radical (unpaired) electrons. The van der Waals surface area contributed by atoms with Crippen LogP contribution in [0.4, 0.5) is 8.78 Å². The fourth-order valence-electron chi connectivity index (χ4n) is 1.06. The van der Waals surface area contributed by atoms with Crippen LogP contribution in [-0.2, 0) is 6.54 Å². The Morgan fingerprint density at radius 1 is 1.38 bits per heavy atom. The average molecular weight is 231 g/mol. The Balaban J connectivity index is 2.35. The quantitative estimate of drug-likeness (QED) is 0.724. The van der Waals surface area contributed by atoms with Gasteiger partial charge in [0.15, 0.2) is 6.61 Å². The van der Waals surface area contributed by atoms with E-state index in [2.05, 4.69) is 22.4 Å². The molecule has 0 aliphatic carbocycles. The summed E-state index contributed by atoms with van der Waals surface area (Å²) in [4.78, 5) is 0. The number of hydrogen-bond acceptors (Lipinski definition) is 4. The van der Waals surface area contributed by atoms with E-state index in [1.54, 1.807) is 12.1 Å². The lowest BCUT2D eigenvalue weighted by Gasteiger charge is -2.05. The molecule has 6 heteroatoms. The molecule has 0 unspecified atom stereocenters. The van der Waals surface area contributed by atoms with Crippen molar-refractivity contribution in [1.82, 2.24) is 15.5 Å². The second kappa shape index (κ2) is 7.05. The summed E-state index contributed by atoms with van der Waals surface area (Å²) < 4.78 is 28.3. The van der Waals surface area contributed by atoms with Crippen LogP contribution in [0.5, 0.6) is 5.88 Å². The highest BCUT2D eigenvalue weighted by Gasteiger charge is 2.04. The van der Waals surface area contributed by atoms with Gasteiger partial charge in [-0.05, 0) is 19.0 Å². The summed E-state index contributed by atoms with van der Waals surface area (Å²) in [6, 6.07) is 3.24. The van der Waals surface area contributed by atoms with Crippen LogP contribution < -0.4 is 10.1 Å². The second-order valence-corrected chi connectivity index (χ2v) is 3.24.